The molecule has 1 aromatic rings. The molecule has 0 N–H and O–H groups in total. The summed E-state index contributed by atoms with van der Waals surface area (Å²) >= 11 is 0. The van der Waals surface area contributed by atoms with E-state index in [0.717, 1.165) is 57.9 Å². The minimum Gasteiger partial charge on any atom is -0.378 e. The number of benzene rings is 1. The lowest BCUT2D eigenvalue weighted by atomic mass is 10.1. The molecule has 2 aliphatic heterocycles. The van der Waals surface area contributed by atoms with Crippen LogP contribution < -0.4 is 4.90 Å². The van der Waals surface area contributed by atoms with E-state index in [1.807, 2.05) is 11.9 Å². The summed E-state index contributed by atoms with van der Waals surface area (Å²) in [6.45, 7) is 5.09. The van der Waals surface area contributed by atoms with Crippen LogP contribution in [0.4, 0.5) is 5.69 Å². The Kier molecular flexibility index (Phi) is 6.70. The zero-order valence-electron chi connectivity index (χ0n) is 15.3. The minimum absolute atomic E-state index is 0.176. The molecular formula is C20H30N2O3. The van der Waals surface area contributed by atoms with Gasteiger partial charge in [0.25, 0.3) is 0 Å². The Balaban J connectivity index is 1.44. The molecule has 0 radical (unpaired) electrons. The van der Waals surface area contributed by atoms with Gasteiger partial charge in [0, 0.05) is 39.0 Å². The van der Waals surface area contributed by atoms with Crippen LogP contribution in [0.15, 0.2) is 24.3 Å². The molecule has 0 spiro atoms. The molecule has 1 atom stereocenters. The molecule has 2 heterocycles. The van der Waals surface area contributed by atoms with E-state index in [9.17, 15) is 4.79 Å². The quantitative estimate of drug-likeness (QED) is 0.794. The number of hydrogen-bond donors (Lipinski definition) is 0. The summed E-state index contributed by atoms with van der Waals surface area (Å²) in [6.07, 6.45) is 5.29. The SMILES string of the molecule is CN(CCC1CCCCO1)C(=O)Cc1ccc(N2CCOCC2)cc1. The second-order valence-electron chi connectivity index (χ2n) is 7.04. The Morgan fingerprint density at radius 3 is 2.60 bits per heavy atom. The highest BCUT2D eigenvalue weighted by Crippen LogP contribution is 2.18. The number of carbonyl (C=O) groups excluding carboxylic acids is 1. The lowest BCUT2D eigenvalue weighted by molar-refractivity contribution is -0.129. The Labute approximate surface area is 150 Å². The van der Waals surface area contributed by atoms with Crippen LogP contribution >= 0.6 is 0 Å². The van der Waals surface area contributed by atoms with Crippen molar-refractivity contribution >= 4 is 11.6 Å². The summed E-state index contributed by atoms with van der Waals surface area (Å²) < 4.78 is 11.1. The zero-order chi connectivity index (χ0) is 17.5. The van der Waals surface area contributed by atoms with Gasteiger partial charge in [-0.05, 0) is 43.4 Å². The van der Waals surface area contributed by atoms with Crippen molar-refractivity contribution in [3.63, 3.8) is 0 Å². The fourth-order valence-electron chi connectivity index (χ4n) is 3.45. The van der Waals surface area contributed by atoms with E-state index in [0.29, 0.717) is 12.5 Å². The van der Waals surface area contributed by atoms with E-state index in [-0.39, 0.29) is 5.91 Å². The van der Waals surface area contributed by atoms with E-state index in [2.05, 4.69) is 29.2 Å². The monoisotopic (exact) mass is 346 g/mol. The predicted octanol–water partition coefficient (Wildman–Crippen LogP) is 2.48. The lowest BCUT2D eigenvalue weighted by Crippen LogP contribution is -2.36. The number of anilines is 1. The largest absolute Gasteiger partial charge is 0.378 e. The molecule has 1 amide bonds. The van der Waals surface area contributed by atoms with E-state index >= 15 is 0 Å². The first-order valence-corrected chi connectivity index (χ1v) is 9.49. The third kappa shape index (κ3) is 5.44. The molecule has 5 nitrogen and oxygen atoms in total. The van der Waals surface area contributed by atoms with E-state index in [4.69, 9.17) is 9.47 Å². The van der Waals surface area contributed by atoms with Crippen LogP contribution in [0, 0.1) is 0 Å². The number of nitrogens with zero attached hydrogens (tertiary/aromatic N) is 2. The van der Waals surface area contributed by atoms with Crippen LogP contribution in [-0.4, -0.2) is 63.4 Å². The van der Waals surface area contributed by atoms with Gasteiger partial charge in [-0.1, -0.05) is 12.1 Å². The molecule has 2 saturated heterocycles. The van der Waals surface area contributed by atoms with E-state index < -0.39 is 0 Å². The predicted molar refractivity (Wildman–Crippen MR) is 99.0 cm³/mol. The molecule has 1 aromatic carbocycles. The van der Waals surface area contributed by atoms with Crippen molar-refractivity contribution < 1.29 is 14.3 Å². The third-order valence-electron chi connectivity index (χ3n) is 5.15. The Hall–Kier alpha value is -1.59. The molecule has 2 aliphatic rings. The van der Waals surface area contributed by atoms with Crippen molar-refractivity contribution in [3.05, 3.63) is 29.8 Å². The maximum absolute atomic E-state index is 12.4. The molecule has 25 heavy (non-hydrogen) atoms. The highest BCUT2D eigenvalue weighted by Gasteiger charge is 2.17. The molecule has 0 aromatic heterocycles. The van der Waals surface area contributed by atoms with Gasteiger partial charge in [0.2, 0.25) is 5.91 Å². The van der Waals surface area contributed by atoms with Crippen molar-refractivity contribution in [1.82, 2.24) is 4.90 Å². The van der Waals surface area contributed by atoms with E-state index in [1.165, 1.54) is 18.5 Å². The zero-order valence-corrected chi connectivity index (χ0v) is 15.3. The van der Waals surface area contributed by atoms with Crippen LogP contribution in [0.2, 0.25) is 0 Å². The van der Waals surface area contributed by atoms with Gasteiger partial charge in [-0.25, -0.2) is 0 Å². The van der Waals surface area contributed by atoms with Gasteiger partial charge < -0.3 is 19.3 Å². The molecule has 3 rings (SSSR count). The van der Waals surface area contributed by atoms with Gasteiger partial charge in [0.05, 0.1) is 25.7 Å². The van der Waals surface area contributed by atoms with Crippen molar-refractivity contribution in [1.29, 1.82) is 0 Å². The smallest absolute Gasteiger partial charge is 0.226 e. The minimum atomic E-state index is 0.176. The summed E-state index contributed by atoms with van der Waals surface area (Å²) in [6, 6.07) is 8.37. The topological polar surface area (TPSA) is 42.0 Å². The Morgan fingerprint density at radius 1 is 1.16 bits per heavy atom. The van der Waals surface area contributed by atoms with Crippen LogP contribution in [0.25, 0.3) is 0 Å². The molecule has 0 bridgehead atoms. The fourth-order valence-corrected chi connectivity index (χ4v) is 3.45. The summed E-state index contributed by atoms with van der Waals surface area (Å²) in [7, 11) is 1.90. The lowest BCUT2D eigenvalue weighted by Gasteiger charge is -2.29. The molecular weight excluding hydrogens is 316 g/mol. The molecule has 138 valence electrons. The van der Waals surface area contributed by atoms with Crippen molar-refractivity contribution in [2.75, 3.05) is 51.4 Å². The van der Waals surface area contributed by atoms with E-state index in [1.54, 1.807) is 0 Å². The summed E-state index contributed by atoms with van der Waals surface area (Å²) in [5.41, 5.74) is 2.28. The van der Waals surface area contributed by atoms with Crippen LogP contribution in [-0.2, 0) is 20.7 Å². The number of hydrogen-bond acceptors (Lipinski definition) is 4. The summed E-state index contributed by atoms with van der Waals surface area (Å²) in [5.74, 6) is 0.176. The van der Waals surface area contributed by atoms with Crippen molar-refractivity contribution in [3.8, 4) is 0 Å². The number of likely N-dealkylation sites (N-methyl/N-ethyl adjacent to an activating group) is 1. The average Bonchev–Trinajstić information content (AvgIpc) is 2.68. The molecule has 2 fully saturated rings. The number of amides is 1. The molecule has 1 unspecified atom stereocenters. The van der Waals surface area contributed by atoms with Gasteiger partial charge >= 0.3 is 0 Å². The summed E-state index contributed by atoms with van der Waals surface area (Å²) in [5, 5.41) is 0. The highest BCUT2D eigenvalue weighted by atomic mass is 16.5. The normalized spacial score (nSPS) is 21.2. The van der Waals surface area contributed by atoms with Crippen LogP contribution in [0.3, 0.4) is 0 Å². The second kappa shape index (κ2) is 9.20. The van der Waals surface area contributed by atoms with Crippen molar-refractivity contribution in [2.45, 2.75) is 38.2 Å². The number of carbonyl (C=O) groups is 1. The number of morpholine rings is 1. The number of rotatable bonds is 6. The van der Waals surface area contributed by atoms with Gasteiger partial charge in [-0.3, -0.25) is 4.79 Å². The molecule has 5 heteroatoms. The average molecular weight is 346 g/mol. The first-order valence-electron chi connectivity index (χ1n) is 9.49. The maximum atomic E-state index is 12.4. The van der Waals surface area contributed by atoms with Gasteiger partial charge in [0.1, 0.15) is 0 Å². The second-order valence-corrected chi connectivity index (χ2v) is 7.04. The standard InChI is InChI=1S/C20H30N2O3/c1-21(10-9-19-4-2-3-13-25-19)20(23)16-17-5-7-18(8-6-17)22-11-14-24-15-12-22/h5-8,19H,2-4,9-16H2,1H3. The molecule has 0 saturated carbocycles. The fraction of sp³-hybridized carbons (Fsp3) is 0.650. The first kappa shape index (κ1) is 18.2. The van der Waals surface area contributed by atoms with Crippen LogP contribution in [0.5, 0.6) is 0 Å². The number of ether oxygens (including phenoxy) is 2. The van der Waals surface area contributed by atoms with Gasteiger partial charge in [0.15, 0.2) is 0 Å². The molecule has 0 aliphatic carbocycles. The Morgan fingerprint density at radius 2 is 1.92 bits per heavy atom. The first-order chi connectivity index (χ1) is 12.2. The third-order valence-corrected chi connectivity index (χ3v) is 5.15. The maximum Gasteiger partial charge on any atom is 0.226 e. The van der Waals surface area contributed by atoms with Crippen molar-refractivity contribution in [2.24, 2.45) is 0 Å². The summed E-state index contributed by atoms with van der Waals surface area (Å²) in [4.78, 5) is 16.6. The highest BCUT2D eigenvalue weighted by molar-refractivity contribution is 5.78. The Bertz CT molecular complexity index is 534. The van der Waals surface area contributed by atoms with Gasteiger partial charge in [-0.2, -0.15) is 0 Å². The van der Waals surface area contributed by atoms with Gasteiger partial charge in [-0.15, -0.1) is 0 Å². The van der Waals surface area contributed by atoms with Crippen LogP contribution in [0.1, 0.15) is 31.2 Å².